The summed E-state index contributed by atoms with van der Waals surface area (Å²) in [6, 6.07) is 8.61. The molecule has 100 valence electrons. The molecule has 2 heterocycles. The van der Waals surface area contributed by atoms with Crippen molar-refractivity contribution in [2.45, 2.75) is 13.5 Å². The SMILES string of the molecule is Cc1ccc(Cn2cc3cc([N+](=O)[O-])ccc3n2)cn1. The lowest BCUT2D eigenvalue weighted by Crippen LogP contribution is -2.00. The van der Waals surface area contributed by atoms with Gasteiger partial charge in [0.15, 0.2) is 0 Å². The van der Waals surface area contributed by atoms with Crippen LogP contribution in [0.25, 0.3) is 10.9 Å². The molecule has 0 aliphatic heterocycles. The Morgan fingerprint density at radius 2 is 2.15 bits per heavy atom. The molecule has 0 aliphatic carbocycles. The standard InChI is InChI=1S/C14H12N4O2/c1-10-2-3-11(7-15-10)8-17-9-12-6-13(18(19)20)4-5-14(12)16-17/h2-7,9H,8H2,1H3. The number of benzene rings is 1. The fraction of sp³-hybridized carbons (Fsp3) is 0.143. The predicted molar refractivity (Wildman–Crippen MR) is 74.5 cm³/mol. The van der Waals surface area contributed by atoms with Crippen LogP contribution < -0.4 is 0 Å². The van der Waals surface area contributed by atoms with Crippen LogP contribution in [0.3, 0.4) is 0 Å². The van der Waals surface area contributed by atoms with E-state index in [0.29, 0.717) is 6.54 Å². The summed E-state index contributed by atoms with van der Waals surface area (Å²) in [7, 11) is 0. The Kier molecular flexibility index (Phi) is 2.90. The van der Waals surface area contributed by atoms with E-state index in [1.54, 1.807) is 10.7 Å². The van der Waals surface area contributed by atoms with Gasteiger partial charge in [0, 0.05) is 35.6 Å². The van der Waals surface area contributed by atoms with Gasteiger partial charge in [-0.3, -0.25) is 19.8 Å². The second-order valence-electron chi connectivity index (χ2n) is 4.63. The molecule has 3 aromatic rings. The maximum absolute atomic E-state index is 10.7. The summed E-state index contributed by atoms with van der Waals surface area (Å²) < 4.78 is 1.76. The topological polar surface area (TPSA) is 73.8 Å². The smallest absolute Gasteiger partial charge is 0.267 e. The highest BCUT2D eigenvalue weighted by molar-refractivity contribution is 5.80. The van der Waals surface area contributed by atoms with Crippen molar-refractivity contribution in [3.05, 3.63) is 64.1 Å². The van der Waals surface area contributed by atoms with Gasteiger partial charge in [0.05, 0.1) is 17.0 Å². The highest BCUT2D eigenvalue weighted by Gasteiger charge is 2.08. The lowest BCUT2D eigenvalue weighted by Gasteiger charge is -2.01. The normalized spacial score (nSPS) is 10.8. The molecule has 1 aromatic carbocycles. The monoisotopic (exact) mass is 268 g/mol. The Bertz CT molecular complexity index is 777. The Morgan fingerprint density at radius 3 is 2.85 bits per heavy atom. The molecule has 0 aliphatic rings. The molecular weight excluding hydrogens is 256 g/mol. The van der Waals surface area contributed by atoms with Crippen molar-refractivity contribution >= 4 is 16.6 Å². The number of hydrogen-bond donors (Lipinski definition) is 0. The maximum Gasteiger partial charge on any atom is 0.270 e. The largest absolute Gasteiger partial charge is 0.270 e. The molecule has 20 heavy (non-hydrogen) atoms. The molecule has 0 spiro atoms. The fourth-order valence-corrected chi connectivity index (χ4v) is 2.04. The molecule has 3 rings (SSSR count). The Hall–Kier alpha value is -2.76. The van der Waals surface area contributed by atoms with Crippen LogP contribution in [0.5, 0.6) is 0 Å². The molecule has 0 saturated carbocycles. The summed E-state index contributed by atoms with van der Waals surface area (Å²) in [6.45, 7) is 2.53. The van der Waals surface area contributed by atoms with Gasteiger partial charge in [-0.05, 0) is 24.6 Å². The third-order valence-corrected chi connectivity index (χ3v) is 3.06. The van der Waals surface area contributed by atoms with E-state index < -0.39 is 4.92 Å². The molecule has 0 saturated heterocycles. The number of hydrogen-bond acceptors (Lipinski definition) is 4. The third kappa shape index (κ3) is 2.35. The minimum absolute atomic E-state index is 0.0778. The predicted octanol–water partition coefficient (Wildman–Crippen LogP) is 2.70. The number of nitro groups is 1. The second kappa shape index (κ2) is 4.73. The zero-order chi connectivity index (χ0) is 14.1. The Morgan fingerprint density at radius 1 is 1.30 bits per heavy atom. The van der Waals surface area contributed by atoms with Gasteiger partial charge in [-0.25, -0.2) is 0 Å². The molecule has 0 fully saturated rings. The van der Waals surface area contributed by atoms with Gasteiger partial charge in [0.25, 0.3) is 5.69 Å². The summed E-state index contributed by atoms with van der Waals surface area (Å²) in [5.41, 5.74) is 2.83. The van der Waals surface area contributed by atoms with E-state index in [-0.39, 0.29) is 5.69 Å². The fourth-order valence-electron chi connectivity index (χ4n) is 2.04. The van der Waals surface area contributed by atoms with Crippen molar-refractivity contribution in [2.75, 3.05) is 0 Å². The summed E-state index contributed by atoms with van der Waals surface area (Å²) >= 11 is 0. The molecule has 6 heteroatoms. The first kappa shape index (κ1) is 12.3. The molecule has 0 radical (unpaired) electrons. The number of rotatable bonds is 3. The highest BCUT2D eigenvalue weighted by atomic mass is 16.6. The van der Waals surface area contributed by atoms with Crippen LogP contribution in [-0.4, -0.2) is 19.7 Å². The summed E-state index contributed by atoms with van der Waals surface area (Å²) in [5.74, 6) is 0. The van der Waals surface area contributed by atoms with Crippen molar-refractivity contribution in [3.63, 3.8) is 0 Å². The van der Waals surface area contributed by atoms with Crippen molar-refractivity contribution in [2.24, 2.45) is 0 Å². The van der Waals surface area contributed by atoms with Gasteiger partial charge in [0.2, 0.25) is 0 Å². The first-order chi connectivity index (χ1) is 9.61. The Labute approximate surface area is 114 Å². The molecular formula is C14H12N4O2. The van der Waals surface area contributed by atoms with Gasteiger partial charge >= 0.3 is 0 Å². The van der Waals surface area contributed by atoms with Crippen LogP contribution in [0, 0.1) is 17.0 Å². The lowest BCUT2D eigenvalue weighted by molar-refractivity contribution is -0.384. The Balaban J connectivity index is 1.92. The summed E-state index contributed by atoms with van der Waals surface area (Å²) in [4.78, 5) is 14.6. The van der Waals surface area contributed by atoms with Crippen molar-refractivity contribution in [3.8, 4) is 0 Å². The number of fused-ring (bicyclic) bond motifs is 1. The van der Waals surface area contributed by atoms with Crippen LogP contribution in [0.4, 0.5) is 5.69 Å². The average Bonchev–Trinajstić information content (AvgIpc) is 2.82. The zero-order valence-corrected chi connectivity index (χ0v) is 10.9. The van der Waals surface area contributed by atoms with E-state index >= 15 is 0 Å². The lowest BCUT2D eigenvalue weighted by atomic mass is 10.2. The number of aryl methyl sites for hydroxylation is 1. The van der Waals surface area contributed by atoms with Crippen molar-refractivity contribution < 1.29 is 4.92 Å². The van der Waals surface area contributed by atoms with Crippen LogP contribution >= 0.6 is 0 Å². The third-order valence-electron chi connectivity index (χ3n) is 3.06. The molecule has 0 N–H and O–H groups in total. The second-order valence-corrected chi connectivity index (χ2v) is 4.63. The van der Waals surface area contributed by atoms with Crippen LogP contribution in [0.2, 0.25) is 0 Å². The van der Waals surface area contributed by atoms with Crippen LogP contribution in [-0.2, 0) is 6.54 Å². The molecule has 6 nitrogen and oxygen atoms in total. The van der Waals surface area contributed by atoms with Crippen LogP contribution in [0.15, 0.2) is 42.7 Å². The maximum atomic E-state index is 10.7. The number of non-ortho nitro benzene ring substituents is 1. The summed E-state index contributed by atoms with van der Waals surface area (Å²) in [6.07, 6.45) is 3.62. The van der Waals surface area contributed by atoms with E-state index in [2.05, 4.69) is 10.1 Å². The van der Waals surface area contributed by atoms with E-state index in [4.69, 9.17) is 0 Å². The van der Waals surface area contributed by atoms with Gasteiger partial charge in [-0.1, -0.05) is 6.07 Å². The molecule has 0 amide bonds. The quantitative estimate of drug-likeness (QED) is 0.540. The minimum Gasteiger partial charge on any atom is -0.267 e. The van der Waals surface area contributed by atoms with Gasteiger partial charge in [-0.2, -0.15) is 5.10 Å². The minimum atomic E-state index is -0.402. The van der Waals surface area contributed by atoms with Gasteiger partial charge in [-0.15, -0.1) is 0 Å². The molecule has 0 unspecified atom stereocenters. The van der Waals surface area contributed by atoms with Crippen molar-refractivity contribution in [1.29, 1.82) is 0 Å². The zero-order valence-electron chi connectivity index (χ0n) is 10.9. The van der Waals surface area contributed by atoms with E-state index in [1.165, 1.54) is 12.1 Å². The first-order valence-corrected chi connectivity index (χ1v) is 6.15. The highest BCUT2D eigenvalue weighted by Crippen LogP contribution is 2.20. The number of nitro benzene ring substituents is 1. The first-order valence-electron chi connectivity index (χ1n) is 6.15. The van der Waals surface area contributed by atoms with E-state index in [1.807, 2.05) is 31.5 Å². The molecule has 2 aromatic heterocycles. The van der Waals surface area contributed by atoms with Gasteiger partial charge in [0.1, 0.15) is 0 Å². The van der Waals surface area contributed by atoms with Crippen molar-refractivity contribution in [1.82, 2.24) is 14.8 Å². The molecule has 0 atom stereocenters. The average molecular weight is 268 g/mol. The number of nitrogens with zero attached hydrogens (tertiary/aromatic N) is 4. The van der Waals surface area contributed by atoms with E-state index in [0.717, 1.165) is 22.2 Å². The number of pyridine rings is 1. The van der Waals surface area contributed by atoms with E-state index in [9.17, 15) is 10.1 Å². The van der Waals surface area contributed by atoms with Gasteiger partial charge < -0.3 is 0 Å². The van der Waals surface area contributed by atoms with Crippen LogP contribution in [0.1, 0.15) is 11.3 Å². The number of aromatic nitrogens is 3. The molecule has 0 bridgehead atoms. The summed E-state index contributed by atoms with van der Waals surface area (Å²) in [5, 5.41) is 15.9.